The minimum Gasteiger partial charge on any atom is -0.335 e. The Balaban J connectivity index is 2.26. The van der Waals surface area contributed by atoms with E-state index in [1.807, 2.05) is 63.2 Å². The predicted octanol–water partition coefficient (Wildman–Crippen LogP) is 5.12. The fraction of sp³-hybridized carbons (Fsp3) is 0.400. The van der Waals surface area contributed by atoms with Crippen molar-refractivity contribution in [1.82, 2.24) is 14.5 Å². The van der Waals surface area contributed by atoms with Crippen molar-refractivity contribution in [2.24, 2.45) is 5.41 Å². The van der Waals surface area contributed by atoms with Gasteiger partial charge in [0.05, 0.1) is 28.0 Å². The highest BCUT2D eigenvalue weighted by Crippen LogP contribution is 2.29. The first-order chi connectivity index (χ1) is 14.7. The zero-order valence-electron chi connectivity index (χ0n) is 18.9. The summed E-state index contributed by atoms with van der Waals surface area (Å²) in [6.07, 6.45) is 1.53. The van der Waals surface area contributed by atoms with Gasteiger partial charge in [-0.3, -0.25) is 14.2 Å². The summed E-state index contributed by atoms with van der Waals surface area (Å²) in [5.74, 6) is 0.685. The summed E-state index contributed by atoms with van der Waals surface area (Å²) in [6.45, 7) is 7.75. The lowest BCUT2D eigenvalue weighted by atomic mass is 9.93. The predicted molar refractivity (Wildman–Crippen MR) is 127 cm³/mol. The molecule has 2 aromatic carbocycles. The van der Waals surface area contributed by atoms with E-state index in [-0.39, 0.29) is 23.4 Å². The van der Waals surface area contributed by atoms with Gasteiger partial charge in [-0.25, -0.2) is 4.98 Å². The number of halogens is 1. The number of nitrogens with zero attached hydrogens (tertiary/aromatic N) is 3. The molecule has 0 fully saturated rings. The van der Waals surface area contributed by atoms with Crippen LogP contribution in [0, 0.1) is 5.41 Å². The summed E-state index contributed by atoms with van der Waals surface area (Å²) in [4.78, 5) is 33.3. The molecule has 31 heavy (non-hydrogen) atoms. The van der Waals surface area contributed by atoms with Crippen LogP contribution in [0.1, 0.15) is 51.5 Å². The molecule has 0 bridgehead atoms. The van der Waals surface area contributed by atoms with E-state index in [9.17, 15) is 9.59 Å². The van der Waals surface area contributed by atoms with E-state index in [4.69, 9.17) is 16.6 Å². The van der Waals surface area contributed by atoms with E-state index in [2.05, 4.69) is 6.92 Å². The molecule has 1 amide bonds. The molecule has 1 atom stereocenters. The number of hydrogen-bond acceptors (Lipinski definition) is 3. The number of aryl methyl sites for hydroxylation is 1. The number of rotatable bonds is 7. The SMILES string of the molecule is CCc1ccc(-n2c(C(CC)N(C)C(=O)C(C)(C)CCl)nc3ccccc3c2=O)cc1. The average Bonchev–Trinajstić information content (AvgIpc) is 2.79. The number of aromatic nitrogens is 2. The maximum absolute atomic E-state index is 13.6. The minimum atomic E-state index is -0.714. The Morgan fingerprint density at radius 2 is 1.77 bits per heavy atom. The van der Waals surface area contributed by atoms with Gasteiger partial charge < -0.3 is 4.90 Å². The van der Waals surface area contributed by atoms with Crippen molar-refractivity contribution in [3.8, 4) is 5.69 Å². The van der Waals surface area contributed by atoms with Gasteiger partial charge in [-0.15, -0.1) is 11.6 Å². The lowest BCUT2D eigenvalue weighted by molar-refractivity contribution is -0.140. The zero-order chi connectivity index (χ0) is 22.8. The van der Waals surface area contributed by atoms with E-state index < -0.39 is 5.41 Å². The molecule has 1 heterocycles. The van der Waals surface area contributed by atoms with Crippen LogP contribution in [-0.4, -0.2) is 33.3 Å². The van der Waals surface area contributed by atoms with Crippen molar-refractivity contribution in [3.05, 3.63) is 70.3 Å². The fourth-order valence-electron chi connectivity index (χ4n) is 3.81. The third kappa shape index (κ3) is 4.38. The van der Waals surface area contributed by atoms with Crippen LogP contribution < -0.4 is 5.56 Å². The molecule has 1 unspecified atom stereocenters. The Hall–Kier alpha value is -2.66. The first-order valence-electron chi connectivity index (χ1n) is 10.7. The molecular weight excluding hydrogens is 410 g/mol. The summed E-state index contributed by atoms with van der Waals surface area (Å²) < 4.78 is 1.65. The molecular formula is C25H30ClN3O2. The van der Waals surface area contributed by atoms with Gasteiger partial charge in [0.25, 0.3) is 5.56 Å². The number of benzene rings is 2. The second kappa shape index (κ2) is 9.23. The van der Waals surface area contributed by atoms with Crippen LogP contribution >= 0.6 is 11.6 Å². The first kappa shape index (κ1) is 23.0. The van der Waals surface area contributed by atoms with Gasteiger partial charge in [0.2, 0.25) is 5.91 Å². The van der Waals surface area contributed by atoms with Crippen LogP contribution in [0.2, 0.25) is 0 Å². The van der Waals surface area contributed by atoms with Crippen molar-refractivity contribution < 1.29 is 4.79 Å². The van der Waals surface area contributed by atoms with Crippen molar-refractivity contribution in [2.75, 3.05) is 12.9 Å². The van der Waals surface area contributed by atoms with Gasteiger partial charge in [0.1, 0.15) is 5.82 Å². The number of fused-ring (bicyclic) bond motifs is 1. The van der Waals surface area contributed by atoms with Gasteiger partial charge >= 0.3 is 0 Å². The molecule has 164 valence electrons. The maximum atomic E-state index is 13.6. The fourth-order valence-corrected chi connectivity index (χ4v) is 3.92. The van der Waals surface area contributed by atoms with Crippen LogP contribution in [0.15, 0.2) is 53.3 Å². The van der Waals surface area contributed by atoms with E-state index in [0.717, 1.165) is 12.1 Å². The topological polar surface area (TPSA) is 55.2 Å². The van der Waals surface area contributed by atoms with Gasteiger partial charge in [0.15, 0.2) is 0 Å². The highest BCUT2D eigenvalue weighted by Gasteiger charge is 2.34. The van der Waals surface area contributed by atoms with Crippen LogP contribution in [0.5, 0.6) is 0 Å². The third-order valence-electron chi connectivity index (χ3n) is 5.79. The standard InChI is InChI=1S/C25H30ClN3O2/c1-6-17-12-14-18(15-13-17)29-22(27-20-11-9-8-10-19(20)23(29)30)21(7-2)28(5)24(31)25(3,4)16-26/h8-15,21H,6-7,16H2,1-5H3. The second-order valence-corrected chi connectivity index (χ2v) is 8.77. The number of carbonyl (C=O) groups excluding carboxylic acids is 1. The number of hydrogen-bond donors (Lipinski definition) is 0. The third-order valence-corrected chi connectivity index (χ3v) is 6.46. The van der Waals surface area contributed by atoms with Gasteiger partial charge in [-0.2, -0.15) is 0 Å². The first-order valence-corrected chi connectivity index (χ1v) is 11.2. The van der Waals surface area contributed by atoms with Crippen molar-refractivity contribution >= 4 is 28.4 Å². The zero-order valence-corrected chi connectivity index (χ0v) is 19.6. The Labute approximate surface area is 188 Å². The van der Waals surface area contributed by atoms with E-state index in [1.165, 1.54) is 5.56 Å². The summed E-state index contributed by atoms with van der Waals surface area (Å²) in [5.41, 5.74) is 1.70. The molecule has 0 N–H and O–H groups in total. The molecule has 5 nitrogen and oxygen atoms in total. The van der Waals surface area contributed by atoms with Crippen molar-refractivity contribution in [2.45, 2.75) is 46.6 Å². The molecule has 0 saturated heterocycles. The van der Waals surface area contributed by atoms with Crippen LogP contribution in [0.4, 0.5) is 0 Å². The second-order valence-electron chi connectivity index (χ2n) is 8.51. The van der Waals surface area contributed by atoms with E-state index >= 15 is 0 Å². The van der Waals surface area contributed by atoms with Crippen LogP contribution in [-0.2, 0) is 11.2 Å². The summed E-state index contributed by atoms with van der Waals surface area (Å²) >= 11 is 6.07. The molecule has 3 aromatic rings. The average molecular weight is 440 g/mol. The summed E-state index contributed by atoms with van der Waals surface area (Å²) in [6, 6.07) is 14.9. The summed E-state index contributed by atoms with van der Waals surface area (Å²) in [5, 5.41) is 0.552. The number of alkyl halides is 1. The van der Waals surface area contributed by atoms with Gasteiger partial charge in [-0.05, 0) is 56.5 Å². The molecule has 0 aliphatic heterocycles. The largest absolute Gasteiger partial charge is 0.335 e. The lowest BCUT2D eigenvalue weighted by Crippen LogP contribution is -2.43. The Kier molecular flexibility index (Phi) is 6.85. The molecule has 1 aromatic heterocycles. The van der Waals surface area contributed by atoms with Crippen molar-refractivity contribution in [3.63, 3.8) is 0 Å². The lowest BCUT2D eigenvalue weighted by Gasteiger charge is -2.34. The van der Waals surface area contributed by atoms with Gasteiger partial charge in [-0.1, -0.05) is 38.1 Å². The molecule has 0 aliphatic rings. The maximum Gasteiger partial charge on any atom is 0.266 e. The Morgan fingerprint density at radius 1 is 1.13 bits per heavy atom. The van der Waals surface area contributed by atoms with Crippen LogP contribution in [0.25, 0.3) is 16.6 Å². The molecule has 3 rings (SSSR count). The molecule has 0 spiro atoms. The monoisotopic (exact) mass is 439 g/mol. The normalized spacial score (nSPS) is 12.7. The van der Waals surface area contributed by atoms with Crippen molar-refractivity contribution in [1.29, 1.82) is 0 Å². The number of carbonyl (C=O) groups is 1. The quantitative estimate of drug-likeness (QED) is 0.480. The van der Waals surface area contributed by atoms with E-state index in [1.54, 1.807) is 22.6 Å². The number of para-hydroxylation sites is 1. The Morgan fingerprint density at radius 3 is 2.35 bits per heavy atom. The molecule has 0 saturated carbocycles. The van der Waals surface area contributed by atoms with E-state index in [0.29, 0.717) is 23.1 Å². The van der Waals surface area contributed by atoms with Gasteiger partial charge in [0, 0.05) is 12.9 Å². The smallest absolute Gasteiger partial charge is 0.266 e. The minimum absolute atomic E-state index is 0.0790. The highest BCUT2D eigenvalue weighted by atomic mass is 35.5. The Bertz CT molecular complexity index is 1140. The highest BCUT2D eigenvalue weighted by molar-refractivity contribution is 6.19. The summed E-state index contributed by atoms with van der Waals surface area (Å²) in [7, 11) is 1.76. The van der Waals surface area contributed by atoms with Crippen LogP contribution in [0.3, 0.4) is 0 Å². The molecule has 0 radical (unpaired) electrons. The molecule has 0 aliphatic carbocycles. The molecule has 6 heteroatoms. The number of amides is 1.